The van der Waals surface area contributed by atoms with E-state index in [0.29, 0.717) is 4.90 Å². The molecular weight excluding hydrogens is 248 g/mol. The predicted molar refractivity (Wildman–Crippen MR) is 56.3 cm³/mol. The number of ether oxygens (including phenoxy) is 1. The van der Waals surface area contributed by atoms with E-state index in [4.69, 9.17) is 5.11 Å². The second-order valence-electron chi connectivity index (χ2n) is 4.43. The summed E-state index contributed by atoms with van der Waals surface area (Å²) < 4.78 is 31.5. The molecule has 2 fully saturated rings. The first-order valence-electron chi connectivity index (χ1n) is 5.57. The molecule has 0 spiro atoms. The molecule has 0 aromatic rings. The van der Waals surface area contributed by atoms with E-state index in [0.717, 1.165) is 0 Å². The molecule has 5 nitrogen and oxygen atoms in total. The van der Waals surface area contributed by atoms with Gasteiger partial charge in [0.25, 0.3) is 5.92 Å². The number of piperidine rings is 1. The highest BCUT2D eigenvalue weighted by Gasteiger charge is 2.74. The summed E-state index contributed by atoms with van der Waals surface area (Å²) in [6, 6.07) is -2.58. The molecule has 100 valence electrons. The number of halogens is 2. The van der Waals surface area contributed by atoms with Crippen molar-refractivity contribution in [3.63, 3.8) is 0 Å². The second-order valence-corrected chi connectivity index (χ2v) is 4.43. The van der Waals surface area contributed by atoms with Gasteiger partial charge < -0.3 is 9.84 Å². The molecule has 1 saturated carbocycles. The zero-order valence-corrected chi connectivity index (χ0v) is 9.51. The fraction of sp³-hybridized carbons (Fsp3) is 0.636. The summed E-state index contributed by atoms with van der Waals surface area (Å²) in [4.78, 5) is 23.3. The normalized spacial score (nSPS) is 32.3. The quantitative estimate of drug-likeness (QED) is 0.782. The van der Waals surface area contributed by atoms with Crippen LogP contribution in [0.1, 0.15) is 12.8 Å². The number of carboxylic acid groups (broad SMARTS) is 1. The Bertz CT molecular complexity index is 399. The number of hydrogen-bond acceptors (Lipinski definition) is 3. The third-order valence-corrected chi connectivity index (χ3v) is 3.37. The lowest BCUT2D eigenvalue weighted by Crippen LogP contribution is -2.50. The summed E-state index contributed by atoms with van der Waals surface area (Å²) in [6.45, 7) is 3.20. The lowest BCUT2D eigenvalue weighted by atomic mass is 10.0. The Morgan fingerprint density at radius 1 is 1.50 bits per heavy atom. The van der Waals surface area contributed by atoms with E-state index in [2.05, 4.69) is 11.3 Å². The van der Waals surface area contributed by atoms with Gasteiger partial charge in [0.05, 0.1) is 5.92 Å². The highest BCUT2D eigenvalue weighted by Crippen LogP contribution is 2.58. The van der Waals surface area contributed by atoms with Crippen molar-refractivity contribution in [2.24, 2.45) is 5.92 Å². The lowest BCUT2D eigenvalue weighted by molar-refractivity contribution is -0.144. The molecule has 0 aromatic heterocycles. The first-order valence-corrected chi connectivity index (χ1v) is 5.57. The van der Waals surface area contributed by atoms with Crippen LogP contribution < -0.4 is 0 Å². The van der Waals surface area contributed by atoms with E-state index in [-0.39, 0.29) is 19.4 Å². The highest BCUT2D eigenvalue weighted by atomic mass is 19.3. The highest BCUT2D eigenvalue weighted by molar-refractivity contribution is 5.81. The van der Waals surface area contributed by atoms with Crippen LogP contribution >= 0.6 is 0 Å². The van der Waals surface area contributed by atoms with Crippen molar-refractivity contribution in [1.82, 2.24) is 4.90 Å². The molecule has 1 heterocycles. The topological polar surface area (TPSA) is 66.8 Å². The molecule has 0 bridgehead atoms. The molecule has 1 amide bonds. The van der Waals surface area contributed by atoms with Crippen LogP contribution in [-0.2, 0) is 9.53 Å². The van der Waals surface area contributed by atoms with Crippen LogP contribution in [0.3, 0.4) is 0 Å². The van der Waals surface area contributed by atoms with Gasteiger partial charge in [-0.2, -0.15) is 0 Å². The number of rotatable bonds is 3. The average Bonchev–Trinajstić information content (AvgIpc) is 2.88. The Morgan fingerprint density at radius 3 is 2.72 bits per heavy atom. The van der Waals surface area contributed by atoms with Gasteiger partial charge >= 0.3 is 12.1 Å². The third kappa shape index (κ3) is 1.83. The number of alkyl halides is 2. The van der Waals surface area contributed by atoms with Crippen molar-refractivity contribution < 1.29 is 28.2 Å². The van der Waals surface area contributed by atoms with Gasteiger partial charge in [0.15, 0.2) is 0 Å². The number of carbonyl (C=O) groups excluding carboxylic acids is 1. The van der Waals surface area contributed by atoms with Gasteiger partial charge in [0.2, 0.25) is 0 Å². The third-order valence-electron chi connectivity index (χ3n) is 3.37. The Labute approximate surface area is 102 Å². The zero-order chi connectivity index (χ0) is 13.5. The van der Waals surface area contributed by atoms with Crippen LogP contribution in [0.4, 0.5) is 13.6 Å². The minimum Gasteiger partial charge on any atom is -0.480 e. The van der Waals surface area contributed by atoms with Crippen LogP contribution in [0.2, 0.25) is 0 Å². The summed E-state index contributed by atoms with van der Waals surface area (Å²) in [7, 11) is 0. The van der Waals surface area contributed by atoms with Crippen LogP contribution in [-0.4, -0.2) is 46.7 Å². The Morgan fingerprint density at radius 2 is 2.17 bits per heavy atom. The zero-order valence-electron chi connectivity index (χ0n) is 9.51. The minimum absolute atomic E-state index is 0.0231. The largest absolute Gasteiger partial charge is 0.480 e. The van der Waals surface area contributed by atoms with Gasteiger partial charge in [-0.15, -0.1) is 0 Å². The number of likely N-dealkylation sites (tertiary alicyclic amines) is 1. The monoisotopic (exact) mass is 261 g/mol. The maximum atomic E-state index is 13.4. The molecule has 1 saturated heterocycles. The van der Waals surface area contributed by atoms with E-state index in [1.165, 1.54) is 6.08 Å². The van der Waals surface area contributed by atoms with Gasteiger partial charge in [-0.05, 0) is 12.8 Å². The second kappa shape index (κ2) is 4.22. The summed E-state index contributed by atoms with van der Waals surface area (Å²) in [5.74, 6) is -5.23. The maximum Gasteiger partial charge on any atom is 0.411 e. The van der Waals surface area contributed by atoms with Gasteiger partial charge in [0.1, 0.15) is 18.7 Å². The number of fused-ring (bicyclic) bond motifs is 1. The Balaban J connectivity index is 2.17. The molecule has 2 rings (SSSR count). The molecule has 0 aromatic carbocycles. The fourth-order valence-electron chi connectivity index (χ4n) is 2.46. The van der Waals surface area contributed by atoms with Crippen molar-refractivity contribution in [2.45, 2.75) is 30.8 Å². The van der Waals surface area contributed by atoms with Crippen LogP contribution in [0.5, 0.6) is 0 Å². The molecule has 3 atom stereocenters. The molecular formula is C11H13F2NO4. The summed E-state index contributed by atoms with van der Waals surface area (Å²) in [6.07, 6.45) is 0.407. The number of nitrogens with zero attached hydrogens (tertiary/aromatic N) is 1. The minimum atomic E-state index is -3.00. The van der Waals surface area contributed by atoms with Crippen molar-refractivity contribution >= 4 is 12.1 Å². The molecule has 0 radical (unpaired) electrons. The van der Waals surface area contributed by atoms with Crippen LogP contribution in [0, 0.1) is 5.92 Å². The summed E-state index contributed by atoms with van der Waals surface area (Å²) >= 11 is 0. The lowest BCUT2D eigenvalue weighted by Gasteiger charge is -2.30. The van der Waals surface area contributed by atoms with Gasteiger partial charge in [0, 0.05) is 0 Å². The first-order chi connectivity index (χ1) is 8.41. The number of aliphatic carboxylic acids is 1. The summed E-state index contributed by atoms with van der Waals surface area (Å²) in [5, 5.41) is 8.97. The first kappa shape index (κ1) is 12.8. The predicted octanol–water partition coefficient (Wildman–Crippen LogP) is 1.49. The Hall–Kier alpha value is -1.66. The fourth-order valence-corrected chi connectivity index (χ4v) is 2.46. The molecule has 1 aliphatic carbocycles. The van der Waals surface area contributed by atoms with Gasteiger partial charge in [-0.3, -0.25) is 4.90 Å². The van der Waals surface area contributed by atoms with Crippen molar-refractivity contribution in [2.75, 3.05) is 6.61 Å². The van der Waals surface area contributed by atoms with Gasteiger partial charge in [-0.1, -0.05) is 12.7 Å². The number of carboxylic acids is 1. The maximum absolute atomic E-state index is 13.4. The van der Waals surface area contributed by atoms with E-state index < -0.39 is 36.0 Å². The molecule has 18 heavy (non-hydrogen) atoms. The van der Waals surface area contributed by atoms with Crippen molar-refractivity contribution in [1.29, 1.82) is 0 Å². The molecule has 1 aliphatic heterocycles. The molecule has 2 unspecified atom stereocenters. The molecule has 1 N–H and O–H groups in total. The number of carbonyl (C=O) groups is 2. The number of amides is 1. The van der Waals surface area contributed by atoms with Crippen LogP contribution in [0.15, 0.2) is 12.7 Å². The van der Waals surface area contributed by atoms with E-state index in [1.807, 2.05) is 0 Å². The average molecular weight is 261 g/mol. The van der Waals surface area contributed by atoms with Crippen molar-refractivity contribution in [3.8, 4) is 0 Å². The number of hydrogen-bond donors (Lipinski definition) is 1. The van der Waals surface area contributed by atoms with E-state index in [9.17, 15) is 18.4 Å². The van der Waals surface area contributed by atoms with Crippen LogP contribution in [0.25, 0.3) is 0 Å². The van der Waals surface area contributed by atoms with Gasteiger partial charge in [-0.25, -0.2) is 18.4 Å². The smallest absolute Gasteiger partial charge is 0.411 e. The molecule has 2 aliphatic rings. The van der Waals surface area contributed by atoms with Crippen molar-refractivity contribution in [3.05, 3.63) is 12.7 Å². The van der Waals surface area contributed by atoms with E-state index in [1.54, 1.807) is 0 Å². The Kier molecular flexibility index (Phi) is 3.00. The standard InChI is InChI=1S/C11H13F2NO4/c1-2-5-18-10(17)14-7(9(15)16)4-3-6-8(14)11(6,12)13/h2,6-8H,1,3-5H2,(H,15,16)/t6?,7-,8?/m1/s1. The van der Waals surface area contributed by atoms with E-state index >= 15 is 0 Å². The summed E-state index contributed by atoms with van der Waals surface area (Å²) in [5.41, 5.74) is 0. The SMILES string of the molecule is C=CCOC(=O)N1C2C(CC[C@@H]1C(=O)O)C2(F)F. The molecule has 7 heteroatoms.